The largest absolute Gasteiger partial charge is 0.481 e. The van der Waals surface area contributed by atoms with Gasteiger partial charge in [0.05, 0.1) is 0 Å². The molecule has 0 aliphatic carbocycles. The summed E-state index contributed by atoms with van der Waals surface area (Å²) >= 11 is 0. The molecule has 4 nitrogen and oxygen atoms in total. The fourth-order valence-electron chi connectivity index (χ4n) is 2.76. The first-order chi connectivity index (χ1) is 10.5. The molecule has 1 heterocycles. The van der Waals surface area contributed by atoms with Gasteiger partial charge in [0, 0.05) is 18.7 Å². The number of alkyl halides is 3. The zero-order valence-electron chi connectivity index (χ0n) is 12.5. The van der Waals surface area contributed by atoms with Crippen molar-refractivity contribution in [3.05, 3.63) is 34.6 Å². The molecule has 1 aromatic carbocycles. The second-order valence-electron chi connectivity index (χ2n) is 5.79. The Morgan fingerprint density at radius 3 is 2.13 bits per heavy atom. The molecule has 23 heavy (non-hydrogen) atoms. The Kier molecular flexibility index (Phi) is 4.13. The number of aryl methyl sites for hydroxylation is 2. The van der Waals surface area contributed by atoms with Crippen LogP contribution in [0.5, 0.6) is 0 Å². The van der Waals surface area contributed by atoms with E-state index in [4.69, 9.17) is 5.11 Å². The first kappa shape index (κ1) is 17.2. The van der Waals surface area contributed by atoms with E-state index < -0.39 is 42.3 Å². The minimum absolute atomic E-state index is 0.0461. The minimum atomic E-state index is -4.96. The van der Waals surface area contributed by atoms with Crippen LogP contribution in [0.1, 0.15) is 27.9 Å². The summed E-state index contributed by atoms with van der Waals surface area (Å²) in [5.74, 6) is -3.21. The highest BCUT2D eigenvalue weighted by Crippen LogP contribution is 2.46. The summed E-state index contributed by atoms with van der Waals surface area (Å²) in [4.78, 5) is 24.3. The molecule has 1 unspecified atom stereocenters. The number of halogens is 4. The lowest BCUT2D eigenvalue weighted by Gasteiger charge is -2.27. The third kappa shape index (κ3) is 2.77. The zero-order chi connectivity index (χ0) is 17.6. The van der Waals surface area contributed by atoms with E-state index in [1.165, 1.54) is 26.0 Å². The average Bonchev–Trinajstić information content (AvgIpc) is 2.89. The van der Waals surface area contributed by atoms with Gasteiger partial charge in [0.25, 0.3) is 5.91 Å². The number of aliphatic carboxylic acids is 1. The second-order valence-corrected chi connectivity index (χ2v) is 5.79. The standard InChI is InChI=1S/C15H15F4NO3/c1-8-5-10(6-9(2)11(8)16)12(21)20-4-3-14(7-20,13(22)23)15(17,18)19/h5-6H,3-4,7H2,1-2H3,(H,22,23). The molecule has 126 valence electrons. The Morgan fingerprint density at radius 2 is 1.74 bits per heavy atom. The number of benzene rings is 1. The van der Waals surface area contributed by atoms with Crippen molar-refractivity contribution in [1.82, 2.24) is 4.90 Å². The predicted molar refractivity (Wildman–Crippen MR) is 72.5 cm³/mol. The van der Waals surface area contributed by atoms with Crippen molar-refractivity contribution < 1.29 is 32.3 Å². The van der Waals surface area contributed by atoms with Crippen molar-refractivity contribution in [2.75, 3.05) is 13.1 Å². The van der Waals surface area contributed by atoms with Crippen LogP contribution in [0.3, 0.4) is 0 Å². The lowest BCUT2D eigenvalue weighted by molar-refractivity contribution is -0.227. The van der Waals surface area contributed by atoms with Gasteiger partial charge in [0.2, 0.25) is 0 Å². The van der Waals surface area contributed by atoms with Gasteiger partial charge in [0.15, 0.2) is 5.41 Å². The summed E-state index contributed by atoms with van der Waals surface area (Å²) in [6.07, 6.45) is -5.65. The van der Waals surface area contributed by atoms with Crippen molar-refractivity contribution in [3.8, 4) is 0 Å². The van der Waals surface area contributed by atoms with Crippen LogP contribution in [0.25, 0.3) is 0 Å². The molecular formula is C15H15F4NO3. The van der Waals surface area contributed by atoms with Crippen molar-refractivity contribution in [1.29, 1.82) is 0 Å². The number of amides is 1. The summed E-state index contributed by atoms with van der Waals surface area (Å²) in [6.45, 7) is 1.63. The third-order valence-corrected chi connectivity index (χ3v) is 4.19. The normalized spacial score (nSPS) is 21.6. The van der Waals surface area contributed by atoms with E-state index in [2.05, 4.69) is 0 Å². The van der Waals surface area contributed by atoms with Gasteiger partial charge in [-0.05, 0) is 43.5 Å². The molecule has 0 radical (unpaired) electrons. The van der Waals surface area contributed by atoms with Crippen LogP contribution in [0, 0.1) is 25.1 Å². The monoisotopic (exact) mass is 333 g/mol. The van der Waals surface area contributed by atoms with Gasteiger partial charge in [-0.3, -0.25) is 9.59 Å². The van der Waals surface area contributed by atoms with Crippen LogP contribution in [-0.2, 0) is 4.79 Å². The third-order valence-electron chi connectivity index (χ3n) is 4.19. The van der Waals surface area contributed by atoms with Gasteiger partial charge >= 0.3 is 12.1 Å². The number of carboxylic acids is 1. The molecule has 1 atom stereocenters. The number of likely N-dealkylation sites (tertiary alicyclic amines) is 1. The van der Waals surface area contributed by atoms with Crippen LogP contribution < -0.4 is 0 Å². The second kappa shape index (κ2) is 5.50. The topological polar surface area (TPSA) is 57.6 Å². The number of hydrogen-bond donors (Lipinski definition) is 1. The van der Waals surface area contributed by atoms with Crippen molar-refractivity contribution in [2.24, 2.45) is 5.41 Å². The van der Waals surface area contributed by atoms with E-state index in [1.54, 1.807) is 0 Å². The molecule has 0 aromatic heterocycles. The number of carbonyl (C=O) groups excluding carboxylic acids is 1. The Hall–Kier alpha value is -2.12. The predicted octanol–water partition coefficient (Wildman–Crippen LogP) is 2.92. The van der Waals surface area contributed by atoms with Crippen LogP contribution in [0.2, 0.25) is 0 Å². The van der Waals surface area contributed by atoms with Crippen molar-refractivity contribution in [3.63, 3.8) is 0 Å². The fourth-order valence-corrected chi connectivity index (χ4v) is 2.76. The molecule has 2 rings (SSSR count). The molecular weight excluding hydrogens is 318 g/mol. The molecule has 1 aromatic rings. The van der Waals surface area contributed by atoms with Crippen LogP contribution >= 0.6 is 0 Å². The number of rotatable bonds is 2. The molecule has 1 fully saturated rings. The zero-order valence-corrected chi connectivity index (χ0v) is 12.5. The molecule has 0 saturated carbocycles. The van der Waals surface area contributed by atoms with Crippen LogP contribution in [-0.4, -0.2) is 41.1 Å². The maximum Gasteiger partial charge on any atom is 0.406 e. The van der Waals surface area contributed by atoms with E-state index in [-0.39, 0.29) is 23.2 Å². The first-order valence-corrected chi connectivity index (χ1v) is 6.86. The van der Waals surface area contributed by atoms with E-state index in [0.717, 1.165) is 4.90 Å². The molecule has 8 heteroatoms. The Labute approximate surface area is 129 Å². The number of hydrogen-bond acceptors (Lipinski definition) is 2. The molecule has 1 saturated heterocycles. The summed E-state index contributed by atoms with van der Waals surface area (Å²) in [6, 6.07) is 2.50. The van der Waals surface area contributed by atoms with Gasteiger partial charge in [-0.25, -0.2) is 4.39 Å². The lowest BCUT2D eigenvalue weighted by atomic mass is 9.86. The first-order valence-electron chi connectivity index (χ1n) is 6.86. The van der Waals surface area contributed by atoms with Crippen LogP contribution in [0.15, 0.2) is 12.1 Å². The number of carbonyl (C=O) groups is 2. The van der Waals surface area contributed by atoms with Gasteiger partial charge < -0.3 is 10.0 Å². The Morgan fingerprint density at radius 1 is 1.22 bits per heavy atom. The minimum Gasteiger partial charge on any atom is -0.481 e. The van der Waals surface area contributed by atoms with Gasteiger partial charge in [-0.15, -0.1) is 0 Å². The van der Waals surface area contributed by atoms with Crippen molar-refractivity contribution >= 4 is 11.9 Å². The highest BCUT2D eigenvalue weighted by atomic mass is 19.4. The van der Waals surface area contributed by atoms with E-state index in [9.17, 15) is 27.2 Å². The van der Waals surface area contributed by atoms with Crippen LogP contribution in [0.4, 0.5) is 17.6 Å². The lowest BCUT2D eigenvalue weighted by Crippen LogP contribution is -2.47. The fraction of sp³-hybridized carbons (Fsp3) is 0.467. The van der Waals surface area contributed by atoms with E-state index in [1.807, 2.05) is 0 Å². The van der Waals surface area contributed by atoms with Gasteiger partial charge in [-0.2, -0.15) is 13.2 Å². The molecule has 1 amide bonds. The summed E-state index contributed by atoms with van der Waals surface area (Å²) < 4.78 is 52.9. The van der Waals surface area contributed by atoms with E-state index >= 15 is 0 Å². The molecule has 1 aliphatic heterocycles. The number of carboxylic acid groups (broad SMARTS) is 1. The smallest absolute Gasteiger partial charge is 0.406 e. The molecule has 1 aliphatic rings. The van der Waals surface area contributed by atoms with Gasteiger partial charge in [0.1, 0.15) is 5.82 Å². The molecule has 0 spiro atoms. The van der Waals surface area contributed by atoms with Gasteiger partial charge in [-0.1, -0.05) is 0 Å². The van der Waals surface area contributed by atoms with E-state index in [0.29, 0.717) is 0 Å². The Bertz CT molecular complexity index is 648. The summed E-state index contributed by atoms with van der Waals surface area (Å²) in [5, 5.41) is 8.99. The quantitative estimate of drug-likeness (QED) is 0.847. The molecule has 0 bridgehead atoms. The SMILES string of the molecule is Cc1cc(C(=O)N2CCC(C(=O)O)(C(F)(F)F)C2)cc(C)c1F. The highest BCUT2D eigenvalue weighted by molar-refractivity contribution is 5.95. The Balaban J connectivity index is 2.31. The summed E-state index contributed by atoms with van der Waals surface area (Å²) in [7, 11) is 0. The number of nitrogens with zero attached hydrogens (tertiary/aromatic N) is 1. The van der Waals surface area contributed by atoms with Crippen molar-refractivity contribution in [2.45, 2.75) is 26.4 Å². The summed E-state index contributed by atoms with van der Waals surface area (Å²) in [5.41, 5.74) is -2.50. The average molecular weight is 333 g/mol. The maximum absolute atomic E-state index is 13.6. The maximum atomic E-state index is 13.6. The molecule has 1 N–H and O–H groups in total. The highest BCUT2D eigenvalue weighted by Gasteiger charge is 2.64.